The van der Waals surface area contributed by atoms with Gasteiger partial charge in [-0.1, -0.05) is 17.3 Å². The smallest absolute Gasteiger partial charge is 0.240 e. The monoisotopic (exact) mass is 329 g/mol. The standard InChI is InChI=1S/C11H12IN3O/c1-8-14-11(16-15-8)7-13-6-9-2-4-10(12)5-3-9/h2-5,13H,6-7H2,1H3. The van der Waals surface area contributed by atoms with Crippen LogP contribution in [0.4, 0.5) is 0 Å². The third-order valence-electron chi connectivity index (χ3n) is 2.09. The van der Waals surface area contributed by atoms with Gasteiger partial charge in [-0.25, -0.2) is 0 Å². The van der Waals surface area contributed by atoms with Crippen molar-refractivity contribution >= 4 is 22.6 Å². The van der Waals surface area contributed by atoms with Gasteiger partial charge in [-0.05, 0) is 47.2 Å². The van der Waals surface area contributed by atoms with Crippen LogP contribution in [0.1, 0.15) is 17.3 Å². The molecule has 2 rings (SSSR count). The van der Waals surface area contributed by atoms with Crippen molar-refractivity contribution in [3.63, 3.8) is 0 Å². The molecular formula is C11H12IN3O. The van der Waals surface area contributed by atoms with Gasteiger partial charge < -0.3 is 9.84 Å². The fraction of sp³-hybridized carbons (Fsp3) is 0.273. The number of nitrogens with one attached hydrogen (secondary N) is 1. The molecule has 1 heterocycles. The largest absolute Gasteiger partial charge is 0.338 e. The van der Waals surface area contributed by atoms with E-state index in [0.717, 1.165) is 6.54 Å². The highest BCUT2D eigenvalue weighted by Crippen LogP contribution is 2.06. The maximum atomic E-state index is 5.00. The van der Waals surface area contributed by atoms with Crippen LogP contribution in [0.15, 0.2) is 28.8 Å². The van der Waals surface area contributed by atoms with E-state index >= 15 is 0 Å². The maximum absolute atomic E-state index is 5.00. The van der Waals surface area contributed by atoms with Crippen LogP contribution in [-0.2, 0) is 13.1 Å². The van der Waals surface area contributed by atoms with Gasteiger partial charge in [-0.3, -0.25) is 0 Å². The number of hydrogen-bond donors (Lipinski definition) is 1. The first-order chi connectivity index (χ1) is 7.74. The third-order valence-corrected chi connectivity index (χ3v) is 2.81. The lowest BCUT2D eigenvalue weighted by Gasteiger charge is -2.01. The van der Waals surface area contributed by atoms with Gasteiger partial charge in [0.15, 0.2) is 5.82 Å². The van der Waals surface area contributed by atoms with Crippen LogP contribution in [0.2, 0.25) is 0 Å². The number of aromatic nitrogens is 2. The summed E-state index contributed by atoms with van der Waals surface area (Å²) >= 11 is 2.29. The first-order valence-electron chi connectivity index (χ1n) is 4.98. The Bertz CT molecular complexity index is 453. The van der Waals surface area contributed by atoms with E-state index in [0.29, 0.717) is 18.3 Å². The number of rotatable bonds is 4. The van der Waals surface area contributed by atoms with Crippen molar-refractivity contribution in [1.29, 1.82) is 0 Å². The van der Waals surface area contributed by atoms with Crippen LogP contribution < -0.4 is 5.32 Å². The summed E-state index contributed by atoms with van der Waals surface area (Å²) in [7, 11) is 0. The maximum Gasteiger partial charge on any atom is 0.240 e. The highest BCUT2D eigenvalue weighted by Gasteiger charge is 2.01. The molecule has 5 heteroatoms. The molecule has 0 atom stereocenters. The molecule has 1 N–H and O–H groups in total. The van der Waals surface area contributed by atoms with Crippen molar-refractivity contribution in [3.8, 4) is 0 Å². The van der Waals surface area contributed by atoms with Crippen LogP contribution in [0.5, 0.6) is 0 Å². The Labute approximate surface area is 108 Å². The van der Waals surface area contributed by atoms with Crippen LogP contribution in [-0.4, -0.2) is 10.1 Å². The summed E-state index contributed by atoms with van der Waals surface area (Å²) in [6.07, 6.45) is 0. The average molecular weight is 329 g/mol. The van der Waals surface area contributed by atoms with E-state index in [1.54, 1.807) is 0 Å². The molecule has 2 aromatic rings. The molecule has 0 aliphatic carbocycles. The van der Waals surface area contributed by atoms with E-state index in [9.17, 15) is 0 Å². The molecule has 0 bridgehead atoms. The molecule has 1 aromatic heterocycles. The quantitative estimate of drug-likeness (QED) is 0.875. The molecule has 0 amide bonds. The van der Waals surface area contributed by atoms with Crippen molar-refractivity contribution in [2.24, 2.45) is 0 Å². The van der Waals surface area contributed by atoms with Crippen molar-refractivity contribution in [1.82, 2.24) is 15.5 Å². The summed E-state index contributed by atoms with van der Waals surface area (Å²) in [5.74, 6) is 1.30. The SMILES string of the molecule is Cc1noc(CNCc2ccc(I)cc2)n1. The lowest BCUT2D eigenvalue weighted by molar-refractivity contribution is 0.364. The number of aryl methyl sites for hydroxylation is 1. The highest BCUT2D eigenvalue weighted by molar-refractivity contribution is 14.1. The van der Waals surface area contributed by atoms with Gasteiger partial charge in [0, 0.05) is 10.1 Å². The number of nitrogens with zero attached hydrogens (tertiary/aromatic N) is 2. The molecule has 0 fully saturated rings. The Kier molecular flexibility index (Phi) is 3.89. The molecule has 0 unspecified atom stereocenters. The normalized spacial score (nSPS) is 10.6. The Balaban J connectivity index is 1.82. The molecule has 0 radical (unpaired) electrons. The van der Waals surface area contributed by atoms with E-state index in [2.05, 4.69) is 62.3 Å². The summed E-state index contributed by atoms with van der Waals surface area (Å²) < 4.78 is 6.24. The van der Waals surface area contributed by atoms with Crippen molar-refractivity contribution < 1.29 is 4.52 Å². The molecule has 0 spiro atoms. The first kappa shape index (κ1) is 11.5. The minimum atomic E-state index is 0.604. The molecule has 4 nitrogen and oxygen atoms in total. The van der Waals surface area contributed by atoms with E-state index in [-0.39, 0.29) is 0 Å². The number of benzene rings is 1. The van der Waals surface area contributed by atoms with Gasteiger partial charge in [-0.15, -0.1) is 0 Å². The summed E-state index contributed by atoms with van der Waals surface area (Å²) in [5, 5.41) is 6.98. The molecule has 16 heavy (non-hydrogen) atoms. The van der Waals surface area contributed by atoms with E-state index in [4.69, 9.17) is 4.52 Å². The Morgan fingerprint density at radius 1 is 1.25 bits per heavy atom. The first-order valence-corrected chi connectivity index (χ1v) is 6.06. The Morgan fingerprint density at radius 2 is 2.00 bits per heavy atom. The Morgan fingerprint density at radius 3 is 2.62 bits per heavy atom. The lowest BCUT2D eigenvalue weighted by Crippen LogP contribution is -2.12. The minimum absolute atomic E-state index is 0.604. The summed E-state index contributed by atoms with van der Waals surface area (Å²) in [5.41, 5.74) is 1.25. The predicted molar refractivity (Wildman–Crippen MR) is 68.7 cm³/mol. The lowest BCUT2D eigenvalue weighted by atomic mass is 10.2. The fourth-order valence-electron chi connectivity index (χ4n) is 1.33. The second kappa shape index (κ2) is 5.40. The summed E-state index contributed by atoms with van der Waals surface area (Å²) in [6.45, 7) is 3.22. The number of halogens is 1. The number of hydrogen-bond acceptors (Lipinski definition) is 4. The van der Waals surface area contributed by atoms with Crippen molar-refractivity contribution in [3.05, 3.63) is 45.1 Å². The zero-order chi connectivity index (χ0) is 11.4. The molecule has 0 saturated heterocycles. The van der Waals surface area contributed by atoms with E-state index in [1.165, 1.54) is 9.13 Å². The highest BCUT2D eigenvalue weighted by atomic mass is 127. The van der Waals surface area contributed by atoms with Crippen LogP contribution >= 0.6 is 22.6 Å². The van der Waals surface area contributed by atoms with Gasteiger partial charge in [0.2, 0.25) is 5.89 Å². The van der Waals surface area contributed by atoms with Gasteiger partial charge in [0.1, 0.15) is 0 Å². The molecule has 84 valence electrons. The Hall–Kier alpha value is -0.950. The second-order valence-electron chi connectivity index (χ2n) is 3.47. The van der Waals surface area contributed by atoms with Crippen LogP contribution in [0.3, 0.4) is 0 Å². The van der Waals surface area contributed by atoms with Crippen molar-refractivity contribution in [2.45, 2.75) is 20.0 Å². The van der Waals surface area contributed by atoms with E-state index < -0.39 is 0 Å². The van der Waals surface area contributed by atoms with Gasteiger partial charge in [-0.2, -0.15) is 4.98 Å². The van der Waals surface area contributed by atoms with Crippen molar-refractivity contribution in [2.75, 3.05) is 0 Å². The topological polar surface area (TPSA) is 51.0 Å². The average Bonchev–Trinajstić information content (AvgIpc) is 2.67. The zero-order valence-corrected chi connectivity index (χ0v) is 11.1. The zero-order valence-electron chi connectivity index (χ0n) is 8.90. The van der Waals surface area contributed by atoms with Crippen LogP contribution in [0.25, 0.3) is 0 Å². The molecule has 0 aliphatic rings. The second-order valence-corrected chi connectivity index (χ2v) is 4.71. The summed E-state index contributed by atoms with van der Waals surface area (Å²) in [6, 6.07) is 8.39. The van der Waals surface area contributed by atoms with Gasteiger partial charge >= 0.3 is 0 Å². The predicted octanol–water partition coefficient (Wildman–Crippen LogP) is 2.27. The fourth-order valence-corrected chi connectivity index (χ4v) is 1.69. The molecule has 0 saturated carbocycles. The summed E-state index contributed by atoms with van der Waals surface area (Å²) in [4.78, 5) is 4.11. The van der Waals surface area contributed by atoms with Crippen LogP contribution in [0, 0.1) is 10.5 Å². The van der Waals surface area contributed by atoms with E-state index in [1.807, 2.05) is 6.92 Å². The molecular weight excluding hydrogens is 317 g/mol. The molecule has 0 aliphatic heterocycles. The van der Waals surface area contributed by atoms with Gasteiger partial charge in [0.05, 0.1) is 6.54 Å². The minimum Gasteiger partial charge on any atom is -0.338 e. The third kappa shape index (κ3) is 3.28. The van der Waals surface area contributed by atoms with Gasteiger partial charge in [0.25, 0.3) is 0 Å². The molecule has 1 aromatic carbocycles.